The van der Waals surface area contributed by atoms with Gasteiger partial charge in [0, 0.05) is 24.2 Å². The van der Waals surface area contributed by atoms with E-state index in [1.165, 1.54) is 0 Å². The second-order valence-electron chi connectivity index (χ2n) is 7.13. The summed E-state index contributed by atoms with van der Waals surface area (Å²) in [7, 11) is 0. The number of ether oxygens (including phenoxy) is 1. The molecule has 0 saturated heterocycles. The minimum Gasteiger partial charge on any atom is -0.462 e. The molecule has 1 heterocycles. The molecule has 174 valence electrons. The van der Waals surface area contributed by atoms with Crippen LogP contribution in [-0.4, -0.2) is 48.9 Å². The molecule has 2 amide bonds. The molecule has 32 heavy (non-hydrogen) atoms. The van der Waals surface area contributed by atoms with E-state index in [1.54, 1.807) is 24.8 Å². The second-order valence-corrected chi connectivity index (χ2v) is 8.56. The van der Waals surface area contributed by atoms with Crippen LogP contribution in [0.4, 0.5) is 5.00 Å². The molecule has 0 fully saturated rings. The number of anilines is 1. The number of esters is 1. The largest absolute Gasteiger partial charge is 0.462 e. The number of thiophene rings is 1. The predicted octanol–water partition coefficient (Wildman–Crippen LogP) is 4.66. The van der Waals surface area contributed by atoms with Crippen molar-refractivity contribution in [3.05, 3.63) is 50.9 Å². The number of rotatable bonds is 10. The van der Waals surface area contributed by atoms with E-state index < -0.39 is 5.97 Å². The van der Waals surface area contributed by atoms with Crippen molar-refractivity contribution >= 4 is 45.7 Å². The molecular weight excluding hydrogens is 450 g/mol. The number of hydrogen-bond donors (Lipinski definition) is 2. The van der Waals surface area contributed by atoms with Gasteiger partial charge in [-0.2, -0.15) is 0 Å². The number of halogens is 1. The van der Waals surface area contributed by atoms with E-state index in [2.05, 4.69) is 10.6 Å². The first kappa shape index (κ1) is 25.8. The van der Waals surface area contributed by atoms with Gasteiger partial charge in [0.1, 0.15) is 5.00 Å². The van der Waals surface area contributed by atoms with Gasteiger partial charge < -0.3 is 20.3 Å². The molecule has 0 aliphatic heterocycles. The molecule has 0 bridgehead atoms. The van der Waals surface area contributed by atoms with E-state index >= 15 is 0 Å². The van der Waals surface area contributed by atoms with Crippen molar-refractivity contribution in [2.45, 2.75) is 40.7 Å². The lowest BCUT2D eigenvalue weighted by Gasteiger charge is -2.18. The zero-order chi connectivity index (χ0) is 23.8. The third-order valence-corrected chi connectivity index (χ3v) is 6.60. The topological polar surface area (TPSA) is 87.7 Å². The van der Waals surface area contributed by atoms with E-state index in [0.29, 0.717) is 33.6 Å². The van der Waals surface area contributed by atoms with Crippen LogP contribution < -0.4 is 10.6 Å². The molecular formula is C23H30ClN3O4S. The van der Waals surface area contributed by atoms with Crippen LogP contribution >= 0.6 is 22.9 Å². The average Bonchev–Trinajstić information content (AvgIpc) is 3.09. The first-order valence-electron chi connectivity index (χ1n) is 10.6. The Morgan fingerprint density at radius 3 is 2.41 bits per heavy atom. The molecule has 0 saturated carbocycles. The summed E-state index contributed by atoms with van der Waals surface area (Å²) < 4.78 is 5.17. The molecule has 2 N–H and O–H groups in total. The standard InChI is InChI=1S/C23H30ClN3O4S/c1-6-27(7-2)22(29)20-14(4)19(23(30)31-8-3)21(32-20)26-18(28)13-25-15(5)16-11-9-10-12-17(16)24/h9-12,15,25H,6-8,13H2,1-5H3,(H,26,28)/t15-/m0/s1. The summed E-state index contributed by atoms with van der Waals surface area (Å²) in [5.74, 6) is -1.07. The van der Waals surface area contributed by atoms with Crippen molar-refractivity contribution < 1.29 is 19.1 Å². The highest BCUT2D eigenvalue weighted by molar-refractivity contribution is 7.18. The number of carbonyl (C=O) groups excluding carboxylic acids is 3. The molecule has 1 aromatic carbocycles. The van der Waals surface area contributed by atoms with E-state index in [9.17, 15) is 14.4 Å². The van der Waals surface area contributed by atoms with Gasteiger partial charge in [-0.1, -0.05) is 29.8 Å². The van der Waals surface area contributed by atoms with Gasteiger partial charge in [0.2, 0.25) is 5.91 Å². The van der Waals surface area contributed by atoms with Gasteiger partial charge >= 0.3 is 5.97 Å². The molecule has 0 aliphatic rings. The fraction of sp³-hybridized carbons (Fsp3) is 0.435. The summed E-state index contributed by atoms with van der Waals surface area (Å²) in [6, 6.07) is 7.27. The number of nitrogens with one attached hydrogen (secondary N) is 2. The quantitative estimate of drug-likeness (QED) is 0.484. The molecule has 1 atom stereocenters. The first-order chi connectivity index (χ1) is 15.2. The smallest absolute Gasteiger partial charge is 0.341 e. The Hall–Kier alpha value is -2.42. The van der Waals surface area contributed by atoms with Crippen molar-refractivity contribution in [3.8, 4) is 0 Å². The Bertz CT molecular complexity index is 972. The Morgan fingerprint density at radius 2 is 1.81 bits per heavy atom. The molecule has 0 aliphatic carbocycles. The van der Waals surface area contributed by atoms with E-state index in [0.717, 1.165) is 16.9 Å². The summed E-state index contributed by atoms with van der Waals surface area (Å²) >= 11 is 7.32. The summed E-state index contributed by atoms with van der Waals surface area (Å²) in [6.07, 6.45) is 0. The maximum Gasteiger partial charge on any atom is 0.341 e. The maximum atomic E-state index is 12.9. The van der Waals surface area contributed by atoms with E-state index in [4.69, 9.17) is 16.3 Å². The molecule has 7 nitrogen and oxygen atoms in total. The average molecular weight is 480 g/mol. The normalized spacial score (nSPS) is 11.7. The number of nitrogens with zero attached hydrogens (tertiary/aromatic N) is 1. The number of amides is 2. The van der Waals surface area contributed by atoms with Crippen LogP contribution in [0.5, 0.6) is 0 Å². The highest BCUT2D eigenvalue weighted by Crippen LogP contribution is 2.34. The summed E-state index contributed by atoms with van der Waals surface area (Å²) in [5.41, 5.74) is 1.62. The van der Waals surface area contributed by atoms with Gasteiger partial charge in [-0.05, 0) is 51.8 Å². The van der Waals surface area contributed by atoms with Crippen molar-refractivity contribution in [2.24, 2.45) is 0 Å². The van der Waals surface area contributed by atoms with Crippen LogP contribution in [0.1, 0.15) is 64.9 Å². The Kier molecular flexibility index (Phi) is 9.68. The third kappa shape index (κ3) is 6.09. The molecule has 2 rings (SSSR count). The number of carbonyl (C=O) groups is 3. The third-order valence-electron chi connectivity index (χ3n) is 5.06. The van der Waals surface area contributed by atoms with Crippen molar-refractivity contribution in [3.63, 3.8) is 0 Å². The van der Waals surface area contributed by atoms with Crippen LogP contribution in [0.25, 0.3) is 0 Å². The number of hydrogen-bond acceptors (Lipinski definition) is 6. The SMILES string of the molecule is CCOC(=O)c1c(NC(=O)CN[C@@H](C)c2ccccc2Cl)sc(C(=O)N(CC)CC)c1C. The lowest BCUT2D eigenvalue weighted by molar-refractivity contribution is -0.115. The Labute approximate surface area is 198 Å². The van der Waals surface area contributed by atoms with Crippen molar-refractivity contribution in [2.75, 3.05) is 31.6 Å². The summed E-state index contributed by atoms with van der Waals surface area (Å²) in [6.45, 7) is 10.4. The van der Waals surface area contributed by atoms with Gasteiger partial charge in [-0.25, -0.2) is 4.79 Å². The molecule has 0 radical (unpaired) electrons. The maximum absolute atomic E-state index is 12.9. The second kappa shape index (κ2) is 12.0. The summed E-state index contributed by atoms with van der Waals surface area (Å²) in [4.78, 5) is 40.2. The minimum absolute atomic E-state index is 0.00489. The van der Waals surface area contributed by atoms with Gasteiger partial charge in [-0.3, -0.25) is 9.59 Å². The molecule has 1 aromatic heterocycles. The van der Waals surface area contributed by atoms with Gasteiger partial charge in [-0.15, -0.1) is 11.3 Å². The van der Waals surface area contributed by atoms with Crippen LogP contribution in [-0.2, 0) is 9.53 Å². The highest BCUT2D eigenvalue weighted by Gasteiger charge is 2.28. The van der Waals surface area contributed by atoms with E-state index in [-0.39, 0.29) is 36.6 Å². The van der Waals surface area contributed by atoms with Crippen LogP contribution in [0.15, 0.2) is 24.3 Å². The zero-order valence-corrected chi connectivity index (χ0v) is 20.7. The lowest BCUT2D eigenvalue weighted by atomic mass is 10.1. The molecule has 9 heteroatoms. The van der Waals surface area contributed by atoms with E-state index in [1.807, 2.05) is 39.0 Å². The van der Waals surface area contributed by atoms with Gasteiger partial charge in [0.25, 0.3) is 5.91 Å². The van der Waals surface area contributed by atoms with Crippen molar-refractivity contribution in [1.29, 1.82) is 0 Å². The predicted molar refractivity (Wildman–Crippen MR) is 129 cm³/mol. The first-order valence-corrected chi connectivity index (χ1v) is 11.8. The Balaban J connectivity index is 2.22. The highest BCUT2D eigenvalue weighted by atomic mass is 35.5. The van der Waals surface area contributed by atoms with Crippen LogP contribution in [0.3, 0.4) is 0 Å². The summed E-state index contributed by atoms with van der Waals surface area (Å²) in [5, 5.41) is 6.84. The fourth-order valence-electron chi connectivity index (χ4n) is 3.26. The zero-order valence-electron chi connectivity index (χ0n) is 19.1. The fourth-order valence-corrected chi connectivity index (χ4v) is 4.74. The molecule has 0 unspecified atom stereocenters. The van der Waals surface area contributed by atoms with Crippen LogP contribution in [0.2, 0.25) is 5.02 Å². The molecule has 0 spiro atoms. The number of benzene rings is 1. The monoisotopic (exact) mass is 479 g/mol. The molecule has 2 aromatic rings. The lowest BCUT2D eigenvalue weighted by Crippen LogP contribution is -2.30. The van der Waals surface area contributed by atoms with Gasteiger partial charge in [0.15, 0.2) is 0 Å². The minimum atomic E-state index is -0.562. The van der Waals surface area contributed by atoms with Gasteiger partial charge in [0.05, 0.1) is 23.6 Å². The van der Waals surface area contributed by atoms with Crippen molar-refractivity contribution in [1.82, 2.24) is 10.2 Å². The van der Waals surface area contributed by atoms with Crippen LogP contribution in [0, 0.1) is 6.92 Å². The Morgan fingerprint density at radius 1 is 1.16 bits per heavy atom.